The van der Waals surface area contributed by atoms with E-state index in [1.807, 2.05) is 57.6 Å². The minimum absolute atomic E-state index is 0.0510. The highest BCUT2D eigenvalue weighted by Crippen LogP contribution is 2.30. The Hall–Kier alpha value is -2.22. The molecule has 1 atom stereocenters. The van der Waals surface area contributed by atoms with Gasteiger partial charge in [-0.15, -0.1) is 22.7 Å². The van der Waals surface area contributed by atoms with Crippen molar-refractivity contribution in [2.75, 3.05) is 26.2 Å². The van der Waals surface area contributed by atoms with Crippen LogP contribution in [0.15, 0.2) is 47.8 Å². The molecule has 140 valence electrons. The van der Waals surface area contributed by atoms with E-state index in [1.54, 1.807) is 22.7 Å². The number of rotatable bonds is 4. The van der Waals surface area contributed by atoms with Crippen molar-refractivity contribution in [1.29, 1.82) is 0 Å². The topological polar surface area (TPSA) is 66.6 Å². The standard InChI is InChI=1S/C20H21N3O2S2/c21-15(14-4-2-1-3-5-14)12-19(24)22-7-9-23(10-8-22)20(25)18-13-17-16(27-18)6-11-26-17/h1-6,11,13,15H,7-10,12,21H2. The molecule has 3 heterocycles. The zero-order chi connectivity index (χ0) is 18.8. The van der Waals surface area contributed by atoms with Crippen molar-refractivity contribution < 1.29 is 9.59 Å². The molecule has 1 aromatic carbocycles. The molecule has 1 unspecified atom stereocenters. The maximum absolute atomic E-state index is 12.7. The molecule has 2 amide bonds. The number of nitrogens with two attached hydrogens (primary N) is 1. The Balaban J connectivity index is 1.32. The number of hydrogen-bond acceptors (Lipinski definition) is 5. The van der Waals surface area contributed by atoms with Gasteiger partial charge in [-0.2, -0.15) is 0 Å². The van der Waals surface area contributed by atoms with Crippen molar-refractivity contribution in [1.82, 2.24) is 9.80 Å². The first kappa shape index (κ1) is 18.2. The predicted molar refractivity (Wildman–Crippen MR) is 110 cm³/mol. The van der Waals surface area contributed by atoms with Gasteiger partial charge in [-0.25, -0.2) is 0 Å². The molecular weight excluding hydrogens is 378 g/mol. The molecular formula is C20H21N3O2S2. The lowest BCUT2D eigenvalue weighted by Gasteiger charge is -2.35. The van der Waals surface area contributed by atoms with Crippen molar-refractivity contribution in [3.8, 4) is 0 Å². The van der Waals surface area contributed by atoms with Crippen LogP contribution in [0.3, 0.4) is 0 Å². The Morgan fingerprint density at radius 3 is 2.41 bits per heavy atom. The second-order valence-electron chi connectivity index (χ2n) is 6.65. The van der Waals surface area contributed by atoms with Gasteiger partial charge in [-0.1, -0.05) is 30.3 Å². The van der Waals surface area contributed by atoms with Crippen molar-refractivity contribution in [2.24, 2.45) is 5.73 Å². The third-order valence-corrected chi connectivity index (χ3v) is 6.97. The first-order valence-corrected chi connectivity index (χ1v) is 10.7. The van der Waals surface area contributed by atoms with Crippen LogP contribution < -0.4 is 5.73 Å². The molecule has 0 spiro atoms. The van der Waals surface area contributed by atoms with Gasteiger partial charge in [0.05, 0.1) is 4.88 Å². The number of nitrogens with zero attached hydrogens (tertiary/aromatic N) is 2. The third kappa shape index (κ3) is 3.90. The molecule has 4 rings (SSSR count). The fourth-order valence-electron chi connectivity index (χ4n) is 3.32. The zero-order valence-corrected chi connectivity index (χ0v) is 16.5. The van der Waals surface area contributed by atoms with Gasteiger partial charge in [0.1, 0.15) is 0 Å². The van der Waals surface area contributed by atoms with E-state index in [2.05, 4.69) is 0 Å². The van der Waals surface area contributed by atoms with E-state index >= 15 is 0 Å². The quantitative estimate of drug-likeness (QED) is 0.732. The van der Waals surface area contributed by atoms with Gasteiger partial charge in [-0.05, 0) is 23.1 Å². The van der Waals surface area contributed by atoms with E-state index in [4.69, 9.17) is 5.73 Å². The fraction of sp³-hybridized carbons (Fsp3) is 0.300. The Morgan fingerprint density at radius 2 is 1.70 bits per heavy atom. The van der Waals surface area contributed by atoms with Gasteiger partial charge in [0.15, 0.2) is 0 Å². The Morgan fingerprint density at radius 1 is 1.00 bits per heavy atom. The van der Waals surface area contributed by atoms with Gasteiger partial charge < -0.3 is 15.5 Å². The summed E-state index contributed by atoms with van der Waals surface area (Å²) in [6.07, 6.45) is 0.291. The fourth-order valence-corrected chi connectivity index (χ4v) is 5.40. The molecule has 27 heavy (non-hydrogen) atoms. The van der Waals surface area contributed by atoms with Crippen LogP contribution >= 0.6 is 22.7 Å². The Bertz CT molecular complexity index is 914. The van der Waals surface area contributed by atoms with E-state index in [0.29, 0.717) is 32.6 Å². The second-order valence-corrected chi connectivity index (χ2v) is 8.69. The van der Waals surface area contributed by atoms with Crippen molar-refractivity contribution in [2.45, 2.75) is 12.5 Å². The van der Waals surface area contributed by atoms with Gasteiger partial charge in [0.2, 0.25) is 5.91 Å². The monoisotopic (exact) mass is 399 g/mol. The summed E-state index contributed by atoms with van der Waals surface area (Å²) in [5, 5.41) is 2.04. The lowest BCUT2D eigenvalue weighted by atomic mass is 10.0. The second kappa shape index (κ2) is 7.80. The molecule has 1 saturated heterocycles. The molecule has 0 bridgehead atoms. The normalized spacial score (nSPS) is 15.9. The number of piperazine rings is 1. The molecule has 2 N–H and O–H groups in total. The molecule has 0 radical (unpaired) electrons. The highest BCUT2D eigenvalue weighted by Gasteiger charge is 2.26. The Labute approximate surface area is 166 Å². The highest BCUT2D eigenvalue weighted by molar-refractivity contribution is 7.27. The third-order valence-electron chi connectivity index (χ3n) is 4.89. The number of thiophene rings is 2. The molecule has 0 aliphatic carbocycles. The Kier molecular flexibility index (Phi) is 5.24. The lowest BCUT2D eigenvalue weighted by Crippen LogP contribution is -2.50. The van der Waals surface area contributed by atoms with E-state index in [9.17, 15) is 9.59 Å². The number of carbonyl (C=O) groups excluding carboxylic acids is 2. The summed E-state index contributed by atoms with van der Waals surface area (Å²) in [4.78, 5) is 29.7. The summed E-state index contributed by atoms with van der Waals surface area (Å²) in [5.74, 6) is 0.117. The minimum Gasteiger partial charge on any atom is -0.339 e. The number of amides is 2. The molecule has 0 saturated carbocycles. The van der Waals surface area contributed by atoms with Crippen LogP contribution in [0.25, 0.3) is 9.40 Å². The van der Waals surface area contributed by atoms with E-state index in [0.717, 1.165) is 19.8 Å². The smallest absolute Gasteiger partial charge is 0.264 e. The van der Waals surface area contributed by atoms with Crippen LogP contribution in [-0.2, 0) is 4.79 Å². The van der Waals surface area contributed by atoms with Crippen LogP contribution in [0.2, 0.25) is 0 Å². The number of benzene rings is 1. The molecule has 1 aliphatic rings. The van der Waals surface area contributed by atoms with Gasteiger partial charge in [-0.3, -0.25) is 9.59 Å². The maximum atomic E-state index is 12.7. The van der Waals surface area contributed by atoms with Crippen LogP contribution in [0.4, 0.5) is 0 Å². The molecule has 5 nitrogen and oxygen atoms in total. The first-order valence-electron chi connectivity index (χ1n) is 8.96. The molecule has 7 heteroatoms. The summed E-state index contributed by atoms with van der Waals surface area (Å²) in [5.41, 5.74) is 7.14. The van der Waals surface area contributed by atoms with Gasteiger partial charge in [0.25, 0.3) is 5.91 Å². The van der Waals surface area contributed by atoms with Crippen molar-refractivity contribution in [3.05, 3.63) is 58.3 Å². The van der Waals surface area contributed by atoms with Crippen LogP contribution in [0.5, 0.6) is 0 Å². The summed E-state index contributed by atoms with van der Waals surface area (Å²) in [6.45, 7) is 2.26. The summed E-state index contributed by atoms with van der Waals surface area (Å²) in [7, 11) is 0. The molecule has 2 aromatic heterocycles. The molecule has 1 aliphatic heterocycles. The van der Waals surface area contributed by atoms with Crippen LogP contribution in [0.1, 0.15) is 27.7 Å². The maximum Gasteiger partial charge on any atom is 0.264 e. The first-order chi connectivity index (χ1) is 13.1. The van der Waals surface area contributed by atoms with Crippen LogP contribution in [-0.4, -0.2) is 47.8 Å². The molecule has 3 aromatic rings. The van der Waals surface area contributed by atoms with Gasteiger partial charge >= 0.3 is 0 Å². The lowest BCUT2D eigenvalue weighted by molar-refractivity contribution is -0.133. The average molecular weight is 400 g/mol. The average Bonchev–Trinajstić information content (AvgIpc) is 3.30. The molecule has 1 fully saturated rings. The summed E-state index contributed by atoms with van der Waals surface area (Å²) < 4.78 is 2.32. The predicted octanol–water partition coefficient (Wildman–Crippen LogP) is 3.34. The van der Waals surface area contributed by atoms with Crippen molar-refractivity contribution >= 4 is 43.9 Å². The van der Waals surface area contributed by atoms with E-state index in [-0.39, 0.29) is 17.9 Å². The van der Waals surface area contributed by atoms with E-state index < -0.39 is 0 Å². The SMILES string of the molecule is NC(CC(=O)N1CCN(C(=O)c2cc3sccc3s2)CC1)c1ccccc1. The number of carbonyl (C=O) groups is 2. The van der Waals surface area contributed by atoms with E-state index in [1.165, 1.54) is 0 Å². The van der Waals surface area contributed by atoms with Crippen LogP contribution in [0, 0.1) is 0 Å². The summed E-state index contributed by atoms with van der Waals surface area (Å²) >= 11 is 3.20. The van der Waals surface area contributed by atoms with Crippen molar-refractivity contribution in [3.63, 3.8) is 0 Å². The summed E-state index contributed by atoms with van der Waals surface area (Å²) in [6, 6.07) is 13.4. The number of hydrogen-bond donors (Lipinski definition) is 1. The highest BCUT2D eigenvalue weighted by atomic mass is 32.1. The number of fused-ring (bicyclic) bond motifs is 1. The largest absolute Gasteiger partial charge is 0.339 e. The zero-order valence-electron chi connectivity index (χ0n) is 14.8. The minimum atomic E-state index is -0.294. The van der Waals surface area contributed by atoms with Gasteiger partial charge in [0, 0.05) is 48.0 Å².